The van der Waals surface area contributed by atoms with E-state index in [1.165, 1.54) is 48.8 Å². The average molecular weight is 548 g/mol. The van der Waals surface area contributed by atoms with E-state index in [2.05, 4.69) is 25.0 Å². The Hall–Kier alpha value is -2.92. The number of morpholine rings is 1. The summed E-state index contributed by atoms with van der Waals surface area (Å²) in [4.78, 5) is 6.49. The van der Waals surface area contributed by atoms with Gasteiger partial charge in [0.05, 0.1) is 38.2 Å². The highest BCUT2D eigenvalue weighted by molar-refractivity contribution is 5.52. The third-order valence-corrected chi connectivity index (χ3v) is 5.82. The number of ether oxygens (including phenoxy) is 3. The summed E-state index contributed by atoms with van der Waals surface area (Å²) in [6.45, 7) is 9.84. The van der Waals surface area contributed by atoms with Gasteiger partial charge in [-0.05, 0) is 24.3 Å². The number of halogens is 2. The molecule has 8 nitrogen and oxygen atoms in total. The molecule has 0 radical (unpaired) electrons. The van der Waals surface area contributed by atoms with Gasteiger partial charge in [-0.1, -0.05) is 57.7 Å². The number of methoxy groups -OCH3 is 1. The lowest BCUT2D eigenvalue weighted by Crippen LogP contribution is -2.53. The van der Waals surface area contributed by atoms with E-state index in [1.54, 1.807) is 14.2 Å². The van der Waals surface area contributed by atoms with Crippen molar-refractivity contribution >= 4 is 11.6 Å². The SMILES string of the molecule is C1CCC1.C1CN(C2COC2)CCO1.CC.COC.Fc1cc(F)cc(-n2cnc(Nc3ccccc3)n2)c1. The molecule has 10 heteroatoms. The van der Waals surface area contributed by atoms with Crippen molar-refractivity contribution in [1.82, 2.24) is 19.7 Å². The van der Waals surface area contributed by atoms with Gasteiger partial charge >= 0.3 is 0 Å². The van der Waals surface area contributed by atoms with E-state index in [1.807, 2.05) is 44.2 Å². The van der Waals surface area contributed by atoms with Gasteiger partial charge in [-0.3, -0.25) is 4.90 Å². The van der Waals surface area contributed by atoms with Gasteiger partial charge in [-0.15, -0.1) is 5.10 Å². The molecular weight excluding hydrogens is 504 g/mol. The summed E-state index contributed by atoms with van der Waals surface area (Å²) in [6, 6.07) is 13.3. The van der Waals surface area contributed by atoms with Crippen LogP contribution in [0.15, 0.2) is 54.9 Å². The summed E-state index contributed by atoms with van der Waals surface area (Å²) < 4.78 is 42.2. The number of anilines is 2. The molecular formula is C29H43F2N5O3. The minimum Gasteiger partial charge on any atom is -0.388 e. The molecule has 0 bridgehead atoms. The summed E-state index contributed by atoms with van der Waals surface area (Å²) in [5.74, 6) is -0.970. The van der Waals surface area contributed by atoms with Crippen LogP contribution >= 0.6 is 0 Å². The maximum atomic E-state index is 13.2. The lowest BCUT2D eigenvalue weighted by atomic mass is 10.0. The normalized spacial score (nSPS) is 16.2. The number of aromatic nitrogens is 3. The topological polar surface area (TPSA) is 73.7 Å². The van der Waals surface area contributed by atoms with Crippen LogP contribution in [0.1, 0.15) is 39.5 Å². The van der Waals surface area contributed by atoms with Crippen LogP contribution in [0.25, 0.3) is 5.69 Å². The maximum Gasteiger partial charge on any atom is 0.246 e. The molecule has 2 aromatic carbocycles. The first kappa shape index (κ1) is 32.3. The largest absolute Gasteiger partial charge is 0.388 e. The van der Waals surface area contributed by atoms with Crippen LogP contribution < -0.4 is 5.32 Å². The smallest absolute Gasteiger partial charge is 0.246 e. The Kier molecular flexibility index (Phi) is 15.9. The molecule has 3 heterocycles. The van der Waals surface area contributed by atoms with Crippen molar-refractivity contribution in [2.24, 2.45) is 0 Å². The number of hydrogen-bond donors (Lipinski definition) is 1. The minimum atomic E-state index is -0.659. The molecule has 1 aliphatic carbocycles. The minimum absolute atomic E-state index is 0.274. The zero-order valence-electron chi connectivity index (χ0n) is 23.6. The van der Waals surface area contributed by atoms with Crippen molar-refractivity contribution in [3.63, 3.8) is 0 Å². The zero-order valence-corrected chi connectivity index (χ0v) is 23.6. The predicted molar refractivity (Wildman–Crippen MR) is 151 cm³/mol. The molecule has 216 valence electrons. The van der Waals surface area contributed by atoms with Gasteiger partial charge in [-0.25, -0.2) is 13.5 Å². The number of hydrogen-bond acceptors (Lipinski definition) is 7. The quantitative estimate of drug-likeness (QED) is 0.439. The fourth-order valence-electron chi connectivity index (χ4n) is 3.39. The highest BCUT2D eigenvalue weighted by Crippen LogP contribution is 2.16. The second-order valence-corrected chi connectivity index (χ2v) is 8.79. The Labute approximate surface area is 231 Å². The van der Waals surface area contributed by atoms with Crippen molar-refractivity contribution < 1.29 is 23.0 Å². The van der Waals surface area contributed by atoms with Gasteiger partial charge in [0.15, 0.2) is 0 Å². The van der Waals surface area contributed by atoms with E-state index in [4.69, 9.17) is 9.47 Å². The Morgan fingerprint density at radius 1 is 0.872 bits per heavy atom. The predicted octanol–water partition coefficient (Wildman–Crippen LogP) is 5.86. The highest BCUT2D eigenvalue weighted by atomic mass is 19.1. The van der Waals surface area contributed by atoms with Gasteiger partial charge in [-0.2, -0.15) is 4.98 Å². The summed E-state index contributed by atoms with van der Waals surface area (Å²) in [7, 11) is 3.25. The van der Waals surface area contributed by atoms with Crippen molar-refractivity contribution in [2.45, 2.75) is 45.6 Å². The van der Waals surface area contributed by atoms with Crippen molar-refractivity contribution in [3.05, 3.63) is 66.5 Å². The van der Waals surface area contributed by atoms with Crippen LogP contribution in [0.5, 0.6) is 0 Å². The fourth-order valence-corrected chi connectivity index (χ4v) is 3.39. The van der Waals surface area contributed by atoms with Gasteiger partial charge < -0.3 is 19.5 Å². The summed E-state index contributed by atoms with van der Waals surface area (Å²) in [5, 5.41) is 7.11. The van der Waals surface area contributed by atoms with Gasteiger partial charge in [0.2, 0.25) is 5.95 Å². The Balaban J connectivity index is 0.000000231. The first-order valence-corrected chi connectivity index (χ1v) is 13.6. The van der Waals surface area contributed by atoms with Gasteiger partial charge in [0.25, 0.3) is 0 Å². The van der Waals surface area contributed by atoms with Crippen LogP contribution in [-0.4, -0.2) is 79.4 Å². The number of benzene rings is 2. The Morgan fingerprint density at radius 2 is 1.44 bits per heavy atom. The first-order valence-electron chi connectivity index (χ1n) is 13.6. The maximum absolute atomic E-state index is 13.2. The van der Waals surface area contributed by atoms with Gasteiger partial charge in [0.1, 0.15) is 18.0 Å². The van der Waals surface area contributed by atoms with E-state index in [-0.39, 0.29) is 5.69 Å². The summed E-state index contributed by atoms with van der Waals surface area (Å²) >= 11 is 0. The first-order chi connectivity index (χ1) is 19.1. The lowest BCUT2D eigenvalue weighted by molar-refractivity contribution is -0.0926. The van der Waals surface area contributed by atoms with Crippen LogP contribution in [0.3, 0.4) is 0 Å². The van der Waals surface area contributed by atoms with Gasteiger partial charge in [0, 0.05) is 39.1 Å². The molecule has 0 amide bonds. The summed E-state index contributed by atoms with van der Waals surface area (Å²) in [6.07, 6.45) is 7.39. The van der Waals surface area contributed by atoms with Crippen LogP contribution in [0, 0.1) is 11.6 Å². The summed E-state index contributed by atoms with van der Waals surface area (Å²) in [5.41, 5.74) is 1.10. The highest BCUT2D eigenvalue weighted by Gasteiger charge is 2.26. The van der Waals surface area contributed by atoms with E-state index >= 15 is 0 Å². The standard InChI is InChI=1S/C14H10F2N4.C7H13NO2.C4H8.C2H6O.C2H6/c15-10-6-11(16)8-13(7-10)20-9-17-14(19-20)18-12-4-2-1-3-5-12;1-3-9-4-2-8(1)7-5-10-6-7;1-2-4-3-1;1-3-2;1-2/h1-9H,(H,18,19);7H,1-6H2;1-4H2;1-2H3;1-2H3. The Morgan fingerprint density at radius 3 is 1.92 bits per heavy atom. The van der Waals surface area contributed by atoms with Crippen LogP contribution in [-0.2, 0) is 14.2 Å². The molecule has 3 aliphatic rings. The van der Waals surface area contributed by atoms with Crippen LogP contribution in [0.2, 0.25) is 0 Å². The molecule has 0 atom stereocenters. The van der Waals surface area contributed by atoms with E-state index < -0.39 is 11.6 Å². The Bertz CT molecular complexity index is 1000. The molecule has 0 spiro atoms. The molecule has 1 N–H and O–H groups in total. The third-order valence-electron chi connectivity index (χ3n) is 5.82. The zero-order chi connectivity index (χ0) is 28.3. The van der Waals surface area contributed by atoms with E-state index in [0.717, 1.165) is 51.3 Å². The number of nitrogens with zero attached hydrogens (tertiary/aromatic N) is 4. The molecule has 2 saturated heterocycles. The second kappa shape index (κ2) is 19.2. The number of para-hydroxylation sites is 1. The monoisotopic (exact) mass is 547 g/mol. The number of nitrogens with one attached hydrogen (secondary N) is 1. The van der Waals surface area contributed by atoms with Crippen molar-refractivity contribution in [3.8, 4) is 5.69 Å². The molecule has 6 rings (SSSR count). The molecule has 1 saturated carbocycles. The van der Waals surface area contributed by atoms with E-state index in [0.29, 0.717) is 12.0 Å². The average Bonchev–Trinajstić information content (AvgIpc) is 3.34. The molecule has 2 aliphatic heterocycles. The third kappa shape index (κ3) is 12.2. The molecule has 3 aromatic rings. The fraction of sp³-hybridized carbons (Fsp3) is 0.517. The molecule has 1 aromatic heterocycles. The van der Waals surface area contributed by atoms with Crippen LogP contribution in [0.4, 0.5) is 20.4 Å². The van der Waals surface area contributed by atoms with Crippen molar-refractivity contribution in [1.29, 1.82) is 0 Å². The lowest BCUT2D eigenvalue weighted by Gasteiger charge is -2.39. The molecule has 0 unspecified atom stereocenters. The molecule has 3 fully saturated rings. The molecule has 39 heavy (non-hydrogen) atoms. The second-order valence-electron chi connectivity index (χ2n) is 8.79. The van der Waals surface area contributed by atoms with Crippen molar-refractivity contribution in [2.75, 3.05) is 59.1 Å². The number of rotatable bonds is 4. The van der Waals surface area contributed by atoms with E-state index in [9.17, 15) is 8.78 Å².